The van der Waals surface area contributed by atoms with Crippen LogP contribution < -0.4 is 11.5 Å². The summed E-state index contributed by atoms with van der Waals surface area (Å²) in [5.41, 5.74) is 9.81. The van der Waals surface area contributed by atoms with Crippen molar-refractivity contribution in [2.45, 2.75) is 40.7 Å². The average molecular weight is 390 g/mol. The van der Waals surface area contributed by atoms with Crippen molar-refractivity contribution < 1.29 is 54.6 Å². The van der Waals surface area contributed by atoms with Crippen LogP contribution in [0.1, 0.15) is 34.6 Å². The van der Waals surface area contributed by atoms with Crippen molar-refractivity contribution in [2.75, 3.05) is 13.1 Å². The van der Waals surface area contributed by atoms with Gasteiger partial charge < -0.3 is 42.1 Å². The summed E-state index contributed by atoms with van der Waals surface area (Å²) in [4.78, 5) is 45.4. The standard InChI is InChI=1S/C3H6O3.C2H8N2.4C2H4O2/c1-2(4)3(5)6;3-1-2-4;4*1-2(3)4/h2,4H,1H3,(H,5,6);1-4H2;4*1H3,(H,3,4). The molecule has 0 aliphatic rings. The third kappa shape index (κ3) is 1750. The number of carboxylic acid groups (broad SMARTS) is 5. The van der Waals surface area contributed by atoms with Crippen LogP contribution in [0.15, 0.2) is 0 Å². The fourth-order valence-corrected chi connectivity index (χ4v) is 0. The number of aliphatic hydroxyl groups excluding tert-OH is 1. The molecular formula is C13H30N2O11. The van der Waals surface area contributed by atoms with Crippen LogP contribution in [0.2, 0.25) is 0 Å². The number of aliphatic carboxylic acids is 5. The van der Waals surface area contributed by atoms with Crippen LogP contribution >= 0.6 is 0 Å². The van der Waals surface area contributed by atoms with Crippen molar-refractivity contribution in [1.29, 1.82) is 0 Å². The number of rotatable bonds is 2. The molecule has 13 heteroatoms. The first-order chi connectivity index (χ1) is 11.5. The van der Waals surface area contributed by atoms with Gasteiger partial charge in [0.2, 0.25) is 0 Å². The van der Waals surface area contributed by atoms with E-state index in [0.717, 1.165) is 27.7 Å². The molecule has 0 aromatic carbocycles. The lowest BCUT2D eigenvalue weighted by molar-refractivity contribution is -0.145. The normalized spacial score (nSPS) is 8.15. The van der Waals surface area contributed by atoms with Crippen LogP contribution in [-0.4, -0.2) is 79.7 Å². The molecule has 158 valence electrons. The van der Waals surface area contributed by atoms with Gasteiger partial charge in [-0.2, -0.15) is 0 Å². The first-order valence-electron chi connectivity index (χ1n) is 6.58. The highest BCUT2D eigenvalue weighted by atomic mass is 16.4. The molecule has 0 heterocycles. The second-order valence-electron chi connectivity index (χ2n) is 3.67. The fraction of sp³-hybridized carbons (Fsp3) is 0.615. The fourth-order valence-electron chi connectivity index (χ4n) is 0. The Balaban J connectivity index is -0.0000000466. The monoisotopic (exact) mass is 390 g/mol. The Kier molecular flexibility index (Phi) is 50.2. The molecule has 0 saturated heterocycles. The van der Waals surface area contributed by atoms with Crippen LogP contribution in [0.5, 0.6) is 0 Å². The summed E-state index contributed by atoms with van der Waals surface area (Å²) in [5.74, 6) is -4.52. The maximum absolute atomic E-state index is 9.45. The molecular weight excluding hydrogens is 360 g/mol. The van der Waals surface area contributed by atoms with E-state index in [1.54, 1.807) is 0 Å². The lowest BCUT2D eigenvalue weighted by Gasteiger charge is -1.89. The molecule has 1 atom stereocenters. The van der Waals surface area contributed by atoms with E-state index in [2.05, 4.69) is 0 Å². The minimum absolute atomic E-state index is 0.597. The number of hydrogen-bond acceptors (Lipinski definition) is 8. The predicted molar refractivity (Wildman–Crippen MR) is 90.7 cm³/mol. The summed E-state index contributed by atoms with van der Waals surface area (Å²) in [5, 5.41) is 45.4. The minimum atomic E-state index is -1.23. The molecule has 0 bridgehead atoms. The Bertz CT molecular complexity index is 305. The van der Waals surface area contributed by atoms with Crippen LogP contribution in [-0.2, 0) is 24.0 Å². The molecule has 0 aliphatic heterocycles. The molecule has 1 unspecified atom stereocenters. The molecule has 0 rings (SSSR count). The zero-order valence-corrected chi connectivity index (χ0v) is 15.4. The lowest BCUT2D eigenvalue weighted by Crippen LogP contribution is -2.13. The van der Waals surface area contributed by atoms with Gasteiger partial charge in [0.25, 0.3) is 23.9 Å². The van der Waals surface area contributed by atoms with E-state index < -0.39 is 36.0 Å². The van der Waals surface area contributed by atoms with Gasteiger partial charge in [0.15, 0.2) is 0 Å². The highest BCUT2D eigenvalue weighted by Gasteiger charge is 2.01. The SMILES string of the molecule is CC(=O)O.CC(=O)O.CC(=O)O.CC(=O)O.CC(O)C(=O)O.NCCN. The second kappa shape index (κ2) is 33.7. The molecule has 0 aromatic heterocycles. The summed E-state index contributed by atoms with van der Waals surface area (Å²) in [6.07, 6.45) is -1.23. The van der Waals surface area contributed by atoms with Gasteiger partial charge in [0.1, 0.15) is 6.10 Å². The maximum Gasteiger partial charge on any atom is 0.332 e. The molecule has 0 spiro atoms. The average Bonchev–Trinajstić information content (AvgIpc) is 2.36. The van der Waals surface area contributed by atoms with Gasteiger partial charge in [-0.15, -0.1) is 0 Å². The van der Waals surface area contributed by atoms with Crippen LogP contribution in [0.4, 0.5) is 0 Å². The van der Waals surface area contributed by atoms with Gasteiger partial charge in [0.05, 0.1) is 0 Å². The quantitative estimate of drug-likeness (QED) is 0.273. The first kappa shape index (κ1) is 38.7. The van der Waals surface area contributed by atoms with E-state index in [9.17, 15) is 4.79 Å². The van der Waals surface area contributed by atoms with Crippen LogP contribution in [0.25, 0.3) is 0 Å². The van der Waals surface area contributed by atoms with Crippen molar-refractivity contribution in [2.24, 2.45) is 11.5 Å². The van der Waals surface area contributed by atoms with E-state index in [1.165, 1.54) is 6.92 Å². The lowest BCUT2D eigenvalue weighted by atomic mass is 10.4. The van der Waals surface area contributed by atoms with E-state index in [1.807, 2.05) is 0 Å². The van der Waals surface area contributed by atoms with E-state index in [-0.39, 0.29) is 0 Å². The van der Waals surface area contributed by atoms with E-state index in [4.69, 9.17) is 61.3 Å². The molecule has 0 radical (unpaired) electrons. The van der Waals surface area contributed by atoms with E-state index >= 15 is 0 Å². The number of nitrogens with two attached hydrogens (primary N) is 2. The molecule has 0 aromatic rings. The first-order valence-corrected chi connectivity index (χ1v) is 6.58. The zero-order chi connectivity index (χ0) is 22.9. The summed E-state index contributed by atoms with van der Waals surface area (Å²) >= 11 is 0. The second-order valence-corrected chi connectivity index (χ2v) is 3.67. The maximum atomic E-state index is 9.45. The Morgan fingerprint density at radius 3 is 0.731 bits per heavy atom. The molecule has 26 heavy (non-hydrogen) atoms. The Labute approximate surface area is 150 Å². The predicted octanol–water partition coefficient (Wildman–Crippen LogP) is -1.28. The van der Waals surface area contributed by atoms with Crippen LogP contribution in [0, 0.1) is 0 Å². The summed E-state index contributed by atoms with van der Waals surface area (Å²) < 4.78 is 0. The van der Waals surface area contributed by atoms with Crippen molar-refractivity contribution in [3.63, 3.8) is 0 Å². The number of hydrogen-bond donors (Lipinski definition) is 8. The Morgan fingerprint density at radius 2 is 0.731 bits per heavy atom. The van der Waals surface area contributed by atoms with Crippen molar-refractivity contribution >= 4 is 29.8 Å². The molecule has 13 nitrogen and oxygen atoms in total. The van der Waals surface area contributed by atoms with Crippen LogP contribution in [0.3, 0.4) is 0 Å². The molecule has 0 fully saturated rings. The number of carboxylic acids is 5. The zero-order valence-electron chi connectivity index (χ0n) is 15.4. The number of aliphatic hydroxyl groups is 1. The highest BCUT2D eigenvalue weighted by molar-refractivity contribution is 5.71. The summed E-state index contributed by atoms with van der Waals surface area (Å²) in [7, 11) is 0. The van der Waals surface area contributed by atoms with Gasteiger partial charge in [-0.05, 0) is 6.92 Å². The van der Waals surface area contributed by atoms with Gasteiger partial charge >= 0.3 is 5.97 Å². The Morgan fingerprint density at radius 1 is 0.654 bits per heavy atom. The largest absolute Gasteiger partial charge is 0.481 e. The molecule has 0 amide bonds. The smallest absolute Gasteiger partial charge is 0.332 e. The van der Waals surface area contributed by atoms with Gasteiger partial charge in [-0.3, -0.25) is 19.2 Å². The van der Waals surface area contributed by atoms with Gasteiger partial charge in [0, 0.05) is 40.8 Å². The molecule has 0 saturated carbocycles. The summed E-state index contributed by atoms with van der Waals surface area (Å²) in [6.45, 7) is 6.72. The Hall–Kier alpha value is -2.77. The summed E-state index contributed by atoms with van der Waals surface area (Å²) in [6, 6.07) is 0. The van der Waals surface area contributed by atoms with Crippen molar-refractivity contribution in [3.8, 4) is 0 Å². The topological polar surface area (TPSA) is 259 Å². The van der Waals surface area contributed by atoms with Gasteiger partial charge in [-0.25, -0.2) is 4.79 Å². The number of carbonyl (C=O) groups is 5. The van der Waals surface area contributed by atoms with Crippen molar-refractivity contribution in [1.82, 2.24) is 0 Å². The third-order valence-electron chi connectivity index (χ3n) is 0.524. The minimum Gasteiger partial charge on any atom is -0.481 e. The van der Waals surface area contributed by atoms with Crippen molar-refractivity contribution in [3.05, 3.63) is 0 Å². The molecule has 0 aliphatic carbocycles. The molecule has 10 N–H and O–H groups in total. The van der Waals surface area contributed by atoms with Gasteiger partial charge in [-0.1, -0.05) is 0 Å². The van der Waals surface area contributed by atoms with E-state index in [0.29, 0.717) is 13.1 Å². The third-order valence-corrected chi connectivity index (χ3v) is 0.524. The highest BCUT2D eigenvalue weighted by Crippen LogP contribution is 1.73.